The van der Waals surface area contributed by atoms with E-state index in [9.17, 15) is 18.0 Å². The van der Waals surface area contributed by atoms with Crippen molar-refractivity contribution in [1.82, 2.24) is 4.31 Å². The second-order valence-electron chi connectivity index (χ2n) is 7.62. The van der Waals surface area contributed by atoms with Crippen LogP contribution >= 0.6 is 0 Å². The van der Waals surface area contributed by atoms with Gasteiger partial charge in [0.2, 0.25) is 10.0 Å². The molecule has 7 heteroatoms. The molecule has 0 amide bonds. The highest BCUT2D eigenvalue weighted by molar-refractivity contribution is 7.89. The average Bonchev–Trinajstić information content (AvgIpc) is 3.07. The van der Waals surface area contributed by atoms with Crippen LogP contribution in [0.2, 0.25) is 0 Å². The molecule has 1 heterocycles. The summed E-state index contributed by atoms with van der Waals surface area (Å²) >= 11 is 0. The second-order valence-corrected chi connectivity index (χ2v) is 9.56. The Labute approximate surface area is 183 Å². The number of Topliss-reactive ketones (excluding diaryl/α,β-unsaturated/α-hetero) is 1. The summed E-state index contributed by atoms with van der Waals surface area (Å²) in [7, 11) is -3.50. The molecule has 0 radical (unpaired) electrons. The van der Waals surface area contributed by atoms with Crippen LogP contribution in [0.25, 0.3) is 6.08 Å². The van der Waals surface area contributed by atoms with Gasteiger partial charge in [-0.15, -0.1) is 0 Å². The number of nitrogens with zero attached hydrogens (tertiary/aromatic N) is 1. The second kappa shape index (κ2) is 10.5. The fourth-order valence-electron chi connectivity index (χ4n) is 3.35. The van der Waals surface area contributed by atoms with E-state index in [0.29, 0.717) is 24.2 Å². The Bertz CT molecular complexity index is 1030. The van der Waals surface area contributed by atoms with Crippen molar-refractivity contribution >= 4 is 27.9 Å². The summed E-state index contributed by atoms with van der Waals surface area (Å²) in [6, 6.07) is 13.4. The molecule has 1 fully saturated rings. The third kappa shape index (κ3) is 6.35. The minimum Gasteiger partial charge on any atom is -0.454 e. The Morgan fingerprint density at radius 2 is 1.55 bits per heavy atom. The van der Waals surface area contributed by atoms with Crippen LogP contribution in [0.4, 0.5) is 0 Å². The number of aryl methyl sites for hydroxylation is 1. The van der Waals surface area contributed by atoms with Crippen LogP contribution in [0.15, 0.2) is 59.5 Å². The summed E-state index contributed by atoms with van der Waals surface area (Å²) in [6.07, 6.45) is 6.63. The van der Waals surface area contributed by atoms with E-state index >= 15 is 0 Å². The molecule has 0 bridgehead atoms. The lowest BCUT2D eigenvalue weighted by molar-refractivity contribution is -0.136. The van der Waals surface area contributed by atoms with Crippen molar-refractivity contribution in [3.05, 3.63) is 71.3 Å². The maximum atomic E-state index is 12.8. The molecule has 1 aliphatic heterocycles. The van der Waals surface area contributed by atoms with Gasteiger partial charge in [0, 0.05) is 24.7 Å². The summed E-state index contributed by atoms with van der Waals surface area (Å²) in [5.74, 6) is -0.911. The third-order valence-electron chi connectivity index (χ3n) is 5.21. The molecule has 3 rings (SSSR count). The molecule has 0 spiro atoms. The lowest BCUT2D eigenvalue weighted by Gasteiger charge is -2.19. The molecular weight excluding hydrogens is 414 g/mol. The quantitative estimate of drug-likeness (QED) is 0.369. The molecule has 164 valence electrons. The number of sulfonamides is 1. The molecule has 0 saturated carbocycles. The number of hydrogen-bond donors (Lipinski definition) is 0. The molecule has 0 aromatic heterocycles. The van der Waals surface area contributed by atoms with E-state index in [4.69, 9.17) is 4.74 Å². The number of ether oxygens (including phenoxy) is 1. The first-order chi connectivity index (χ1) is 14.9. The molecule has 0 N–H and O–H groups in total. The Morgan fingerprint density at radius 1 is 0.935 bits per heavy atom. The molecule has 0 atom stereocenters. The van der Waals surface area contributed by atoms with Gasteiger partial charge in [-0.25, -0.2) is 13.2 Å². The number of benzene rings is 2. The number of carbonyl (C=O) groups is 2. The SMILES string of the molecule is Cc1ccc(C(=O)COC(=O)/C=C/c2ccc(S(=O)(=O)N3CCCCCC3)cc2)cc1. The highest BCUT2D eigenvalue weighted by atomic mass is 32.2. The first-order valence-electron chi connectivity index (χ1n) is 10.4. The molecule has 0 unspecified atom stereocenters. The van der Waals surface area contributed by atoms with Crippen molar-refractivity contribution < 1.29 is 22.7 Å². The van der Waals surface area contributed by atoms with Gasteiger partial charge in [0.05, 0.1) is 4.90 Å². The summed E-state index contributed by atoms with van der Waals surface area (Å²) in [6.45, 7) is 2.70. The molecule has 31 heavy (non-hydrogen) atoms. The number of rotatable bonds is 7. The molecule has 6 nitrogen and oxygen atoms in total. The number of hydrogen-bond acceptors (Lipinski definition) is 5. The zero-order valence-electron chi connectivity index (χ0n) is 17.6. The minimum atomic E-state index is -3.50. The standard InChI is InChI=1S/C24H27NO5S/c1-19-6-11-21(12-7-19)23(26)18-30-24(27)15-10-20-8-13-22(14-9-20)31(28,29)25-16-4-2-3-5-17-25/h6-15H,2-5,16-18H2,1H3/b15-10+. The highest BCUT2D eigenvalue weighted by Gasteiger charge is 2.24. The van der Waals surface area contributed by atoms with Crippen molar-refractivity contribution in [3.63, 3.8) is 0 Å². The number of esters is 1. The highest BCUT2D eigenvalue weighted by Crippen LogP contribution is 2.21. The van der Waals surface area contributed by atoms with Gasteiger partial charge in [-0.05, 0) is 43.5 Å². The maximum absolute atomic E-state index is 12.8. The van der Waals surface area contributed by atoms with Crippen molar-refractivity contribution in [2.75, 3.05) is 19.7 Å². The van der Waals surface area contributed by atoms with Gasteiger partial charge < -0.3 is 4.74 Å². The zero-order valence-corrected chi connectivity index (χ0v) is 18.4. The monoisotopic (exact) mass is 441 g/mol. The first kappa shape index (κ1) is 22.9. The maximum Gasteiger partial charge on any atom is 0.331 e. The van der Waals surface area contributed by atoms with Gasteiger partial charge in [-0.2, -0.15) is 4.31 Å². The predicted octanol–water partition coefficient (Wildman–Crippen LogP) is 4.00. The van der Waals surface area contributed by atoms with Crippen LogP contribution < -0.4 is 0 Å². The van der Waals surface area contributed by atoms with E-state index < -0.39 is 16.0 Å². The van der Waals surface area contributed by atoms with Crippen LogP contribution in [-0.2, 0) is 19.6 Å². The Morgan fingerprint density at radius 3 is 2.16 bits per heavy atom. The molecule has 1 saturated heterocycles. The van der Waals surface area contributed by atoms with E-state index in [1.165, 1.54) is 12.2 Å². The first-order valence-corrected chi connectivity index (χ1v) is 11.9. The van der Waals surface area contributed by atoms with Crippen molar-refractivity contribution in [2.24, 2.45) is 0 Å². The van der Waals surface area contributed by atoms with Crippen molar-refractivity contribution in [3.8, 4) is 0 Å². The normalized spacial score (nSPS) is 15.5. The van der Waals surface area contributed by atoms with Crippen molar-refractivity contribution in [2.45, 2.75) is 37.5 Å². The van der Waals surface area contributed by atoms with Crippen LogP contribution in [0.5, 0.6) is 0 Å². The minimum absolute atomic E-state index is 0.248. The lowest BCUT2D eigenvalue weighted by atomic mass is 10.1. The van der Waals surface area contributed by atoms with Gasteiger partial charge >= 0.3 is 5.97 Å². The van der Waals surface area contributed by atoms with Crippen molar-refractivity contribution in [1.29, 1.82) is 0 Å². The molecule has 0 aliphatic carbocycles. The number of ketones is 1. The lowest BCUT2D eigenvalue weighted by Crippen LogP contribution is -2.31. The van der Waals surface area contributed by atoms with Gasteiger partial charge in [-0.1, -0.05) is 54.8 Å². The van der Waals surface area contributed by atoms with E-state index in [2.05, 4.69) is 0 Å². The average molecular weight is 442 g/mol. The van der Waals surface area contributed by atoms with Crippen LogP contribution in [0.1, 0.15) is 47.2 Å². The fourth-order valence-corrected chi connectivity index (χ4v) is 4.87. The van der Waals surface area contributed by atoms with E-state index in [-0.39, 0.29) is 17.3 Å². The zero-order chi connectivity index (χ0) is 22.3. The van der Waals surface area contributed by atoms with Gasteiger partial charge in [-0.3, -0.25) is 4.79 Å². The molecular formula is C24H27NO5S. The van der Waals surface area contributed by atoms with E-state index in [1.54, 1.807) is 40.7 Å². The summed E-state index contributed by atoms with van der Waals surface area (Å²) in [4.78, 5) is 24.2. The predicted molar refractivity (Wildman–Crippen MR) is 119 cm³/mol. The van der Waals surface area contributed by atoms with Gasteiger partial charge in [0.15, 0.2) is 12.4 Å². The summed E-state index contributed by atoms with van der Waals surface area (Å²) in [5, 5.41) is 0. The van der Waals surface area contributed by atoms with Crippen LogP contribution in [-0.4, -0.2) is 44.2 Å². The smallest absolute Gasteiger partial charge is 0.331 e. The molecule has 2 aromatic rings. The van der Waals surface area contributed by atoms with Gasteiger partial charge in [0.1, 0.15) is 0 Å². The van der Waals surface area contributed by atoms with Gasteiger partial charge in [0.25, 0.3) is 0 Å². The Balaban J connectivity index is 1.55. The Kier molecular flexibility index (Phi) is 7.76. The molecule has 2 aromatic carbocycles. The third-order valence-corrected chi connectivity index (χ3v) is 7.13. The summed E-state index contributed by atoms with van der Waals surface area (Å²) < 4.78 is 32.2. The van der Waals surface area contributed by atoms with Crippen LogP contribution in [0, 0.1) is 6.92 Å². The Hall–Kier alpha value is -2.77. The summed E-state index contributed by atoms with van der Waals surface area (Å²) in [5.41, 5.74) is 2.20. The topological polar surface area (TPSA) is 80.8 Å². The van der Waals surface area contributed by atoms with E-state index in [1.807, 2.05) is 19.1 Å². The fraction of sp³-hybridized carbons (Fsp3) is 0.333. The molecule has 1 aliphatic rings. The largest absolute Gasteiger partial charge is 0.454 e. The van der Waals surface area contributed by atoms with Crippen LogP contribution in [0.3, 0.4) is 0 Å². The van der Waals surface area contributed by atoms with E-state index in [0.717, 1.165) is 31.2 Å². The number of carbonyl (C=O) groups excluding carboxylic acids is 2.